The average Bonchev–Trinajstić information content (AvgIpc) is 3.57. The molecule has 2 aromatic heterocycles. The van der Waals surface area contributed by atoms with Crippen molar-refractivity contribution in [1.82, 2.24) is 15.2 Å². The van der Waals surface area contributed by atoms with Crippen LogP contribution in [0.2, 0.25) is 0 Å². The number of ether oxygens (including phenoxy) is 2. The quantitative estimate of drug-likeness (QED) is 0.168. The van der Waals surface area contributed by atoms with Crippen LogP contribution in [0.25, 0.3) is 22.4 Å². The van der Waals surface area contributed by atoms with Crippen molar-refractivity contribution in [3.05, 3.63) is 89.4 Å². The minimum absolute atomic E-state index is 0.0446. The molecule has 4 rings (SSSR count). The summed E-state index contributed by atoms with van der Waals surface area (Å²) in [6.45, 7) is 4.72. The fourth-order valence-corrected chi connectivity index (χ4v) is 4.60. The molecule has 2 aromatic carbocycles. The Hall–Kier alpha value is -5.81. The molecular formula is C33H31F2N5O7. The third-order valence-corrected chi connectivity index (χ3v) is 6.84. The third-order valence-electron chi connectivity index (χ3n) is 6.84. The number of rotatable bonds is 11. The Labute approximate surface area is 268 Å². The van der Waals surface area contributed by atoms with E-state index in [2.05, 4.69) is 15.6 Å². The van der Waals surface area contributed by atoms with Crippen LogP contribution in [0.4, 0.5) is 19.4 Å². The molecule has 0 unspecified atom stereocenters. The van der Waals surface area contributed by atoms with Crippen molar-refractivity contribution in [3.8, 4) is 34.2 Å². The van der Waals surface area contributed by atoms with E-state index in [-0.39, 0.29) is 70.7 Å². The number of nitrogens with zero attached hydrogens (tertiary/aromatic N) is 3. The van der Waals surface area contributed by atoms with Crippen molar-refractivity contribution in [2.75, 3.05) is 32.3 Å². The zero-order valence-corrected chi connectivity index (χ0v) is 25.9. The number of furan rings is 1. The number of amides is 3. The Morgan fingerprint density at radius 3 is 2.47 bits per heavy atom. The fourth-order valence-electron chi connectivity index (χ4n) is 4.60. The highest BCUT2D eigenvalue weighted by Crippen LogP contribution is 2.37. The largest absolute Gasteiger partial charge is 0.467 e. The molecule has 4 aromatic rings. The Balaban J connectivity index is 1.79. The summed E-state index contributed by atoms with van der Waals surface area (Å²) < 4.78 is 44.9. The summed E-state index contributed by atoms with van der Waals surface area (Å²) in [5.74, 6) is -3.24. The molecule has 3 N–H and O–H groups in total. The number of hydrogen-bond donors (Lipinski definition) is 3. The van der Waals surface area contributed by atoms with Crippen LogP contribution in [-0.2, 0) is 4.74 Å². The minimum Gasteiger partial charge on any atom is -0.467 e. The lowest BCUT2D eigenvalue weighted by Crippen LogP contribution is -2.48. The van der Waals surface area contributed by atoms with Gasteiger partial charge in [0, 0.05) is 42.9 Å². The van der Waals surface area contributed by atoms with Crippen LogP contribution in [0.15, 0.2) is 65.3 Å². The second kappa shape index (κ2) is 14.5. The Bertz CT molecular complexity index is 1830. The number of methoxy groups -OCH3 is 1. The Morgan fingerprint density at radius 2 is 1.83 bits per heavy atom. The number of carboxylic acid groups (broad SMARTS) is 1. The number of pyridine rings is 1. The van der Waals surface area contributed by atoms with Crippen LogP contribution in [0.3, 0.4) is 0 Å². The van der Waals surface area contributed by atoms with Gasteiger partial charge in [-0.25, -0.2) is 18.6 Å². The highest BCUT2D eigenvalue weighted by atomic mass is 19.1. The molecular weight excluding hydrogens is 616 g/mol. The first-order valence-electron chi connectivity index (χ1n) is 14.1. The summed E-state index contributed by atoms with van der Waals surface area (Å²) in [4.78, 5) is 43.3. The molecule has 0 aliphatic rings. The van der Waals surface area contributed by atoms with E-state index in [0.717, 1.165) is 17.0 Å². The number of aromatic nitrogens is 1. The van der Waals surface area contributed by atoms with Gasteiger partial charge in [0.2, 0.25) is 0 Å². The predicted octanol–water partition coefficient (Wildman–Crippen LogP) is 5.90. The summed E-state index contributed by atoms with van der Waals surface area (Å²) in [5.41, 5.74) is -0.500. The number of nitrogens with one attached hydrogen (secondary N) is 2. The molecule has 3 amide bonds. The molecule has 0 fully saturated rings. The topological polar surface area (TPSA) is 167 Å². The Morgan fingerprint density at radius 1 is 1.06 bits per heavy atom. The van der Waals surface area contributed by atoms with Crippen molar-refractivity contribution in [1.29, 1.82) is 5.26 Å². The molecule has 0 bridgehead atoms. The van der Waals surface area contributed by atoms with E-state index in [1.165, 1.54) is 55.8 Å². The maximum absolute atomic E-state index is 15.0. The molecule has 0 aliphatic heterocycles. The van der Waals surface area contributed by atoms with Gasteiger partial charge in [-0.1, -0.05) is 6.07 Å². The molecule has 0 saturated carbocycles. The van der Waals surface area contributed by atoms with Gasteiger partial charge < -0.3 is 34.5 Å². The van der Waals surface area contributed by atoms with Gasteiger partial charge >= 0.3 is 6.09 Å². The molecule has 0 aliphatic carbocycles. The van der Waals surface area contributed by atoms with Gasteiger partial charge in [-0.3, -0.25) is 9.59 Å². The van der Waals surface area contributed by atoms with Gasteiger partial charge in [-0.2, -0.15) is 5.26 Å². The standard InChI is InChI=1S/C33H31F2N5O7/c1-33(2,3)40(32(43)44)12-11-37-30(41)23-14-19(7-10-25(23)35)22-16-26(21-9-8-20(34)15-28(21)47-18-45-4)38-29(24(22)17-36)39-31(42)27-6-5-13-46-27/h5-10,13-16H,11-12,18H2,1-4H3,(H,37,41)(H,43,44)(H,38,39,42). The first-order valence-corrected chi connectivity index (χ1v) is 14.1. The summed E-state index contributed by atoms with van der Waals surface area (Å²) in [6, 6.07) is 13.6. The third kappa shape index (κ3) is 8.08. The van der Waals surface area contributed by atoms with Crippen LogP contribution in [0.5, 0.6) is 5.75 Å². The molecule has 0 radical (unpaired) electrons. The van der Waals surface area contributed by atoms with Gasteiger partial charge in [-0.05, 0) is 68.8 Å². The molecule has 244 valence electrons. The second-order valence-corrected chi connectivity index (χ2v) is 11.1. The normalized spacial score (nSPS) is 11.0. The number of nitriles is 1. The molecule has 0 atom stereocenters. The van der Waals surface area contributed by atoms with E-state index < -0.39 is 35.1 Å². The molecule has 0 spiro atoms. The maximum atomic E-state index is 15.0. The summed E-state index contributed by atoms with van der Waals surface area (Å²) in [6.07, 6.45) is 0.116. The molecule has 2 heterocycles. The van der Waals surface area contributed by atoms with Crippen molar-refractivity contribution < 1.29 is 42.2 Å². The van der Waals surface area contributed by atoms with E-state index in [1.54, 1.807) is 20.8 Å². The number of anilines is 1. The van der Waals surface area contributed by atoms with Crippen molar-refractivity contribution in [3.63, 3.8) is 0 Å². The number of hydrogen-bond acceptors (Lipinski definition) is 8. The first-order chi connectivity index (χ1) is 22.3. The van der Waals surface area contributed by atoms with Crippen molar-refractivity contribution >= 4 is 23.7 Å². The molecule has 0 saturated heterocycles. The number of halogens is 2. The molecule has 47 heavy (non-hydrogen) atoms. The lowest BCUT2D eigenvalue weighted by atomic mass is 9.96. The van der Waals surface area contributed by atoms with Gasteiger partial charge in [0.1, 0.15) is 29.0 Å². The zero-order valence-electron chi connectivity index (χ0n) is 25.9. The smallest absolute Gasteiger partial charge is 0.407 e. The monoisotopic (exact) mass is 647 g/mol. The molecule has 14 heteroatoms. The maximum Gasteiger partial charge on any atom is 0.407 e. The van der Waals surface area contributed by atoms with Crippen molar-refractivity contribution in [2.45, 2.75) is 26.3 Å². The van der Waals surface area contributed by atoms with E-state index in [0.29, 0.717) is 0 Å². The highest BCUT2D eigenvalue weighted by Gasteiger charge is 2.26. The fraction of sp³-hybridized carbons (Fsp3) is 0.242. The van der Waals surface area contributed by atoms with Gasteiger partial charge in [0.15, 0.2) is 18.4 Å². The van der Waals surface area contributed by atoms with E-state index >= 15 is 4.39 Å². The van der Waals surface area contributed by atoms with Crippen LogP contribution >= 0.6 is 0 Å². The lowest BCUT2D eigenvalue weighted by Gasteiger charge is -2.33. The van der Waals surface area contributed by atoms with Crippen LogP contribution in [0.1, 0.15) is 47.2 Å². The van der Waals surface area contributed by atoms with Gasteiger partial charge in [-0.15, -0.1) is 0 Å². The second-order valence-electron chi connectivity index (χ2n) is 11.1. The lowest BCUT2D eigenvalue weighted by molar-refractivity contribution is 0.0513. The molecule has 12 nitrogen and oxygen atoms in total. The van der Waals surface area contributed by atoms with Crippen LogP contribution in [-0.4, -0.2) is 65.4 Å². The zero-order chi connectivity index (χ0) is 34.3. The minimum atomic E-state index is -1.18. The van der Waals surface area contributed by atoms with E-state index in [4.69, 9.17) is 13.9 Å². The van der Waals surface area contributed by atoms with Gasteiger partial charge in [0.05, 0.1) is 17.5 Å². The summed E-state index contributed by atoms with van der Waals surface area (Å²) in [7, 11) is 1.38. The highest BCUT2D eigenvalue weighted by molar-refractivity contribution is 6.03. The summed E-state index contributed by atoms with van der Waals surface area (Å²) >= 11 is 0. The van der Waals surface area contributed by atoms with E-state index in [9.17, 15) is 29.1 Å². The first kappa shape index (κ1) is 34.1. The predicted molar refractivity (Wildman–Crippen MR) is 166 cm³/mol. The average molecular weight is 648 g/mol. The number of carbonyl (C=O) groups is 3. The van der Waals surface area contributed by atoms with Gasteiger partial charge in [0.25, 0.3) is 11.8 Å². The van der Waals surface area contributed by atoms with E-state index in [1.807, 2.05) is 6.07 Å². The van der Waals surface area contributed by atoms with Crippen molar-refractivity contribution in [2.24, 2.45) is 0 Å². The van der Waals surface area contributed by atoms with Crippen LogP contribution in [0, 0.1) is 23.0 Å². The SMILES string of the molecule is COCOc1cc(F)ccc1-c1cc(-c2ccc(F)c(C(=O)NCCN(C(=O)O)C(C)(C)C)c2)c(C#N)c(NC(=O)c2ccco2)n1. The Kier molecular flexibility index (Phi) is 10.5. The number of benzene rings is 2. The van der Waals surface area contributed by atoms with Crippen LogP contribution < -0.4 is 15.4 Å². The summed E-state index contributed by atoms with van der Waals surface area (Å²) in [5, 5.41) is 24.8. The number of carbonyl (C=O) groups excluding carboxylic acids is 2.